The molecule has 0 amide bonds. The number of hydrogen-bond donors (Lipinski definition) is 1. The SMILES string of the molecule is CCNP(=O)(I)CC. The molecule has 0 rings (SSSR count). The number of rotatable bonds is 3. The zero-order chi connectivity index (χ0) is 6.62. The fraction of sp³-hybridized carbons (Fsp3) is 1.00. The first-order chi connectivity index (χ1) is 3.62. The maximum atomic E-state index is 11.1. The molecule has 0 aromatic rings. The van der Waals surface area contributed by atoms with Crippen LogP contribution in [-0.4, -0.2) is 12.7 Å². The second-order valence-corrected chi connectivity index (χ2v) is 8.41. The van der Waals surface area contributed by atoms with Crippen LogP contribution in [0.3, 0.4) is 0 Å². The predicted molar refractivity (Wildman–Crippen MR) is 45.8 cm³/mol. The zero-order valence-corrected chi connectivity index (χ0v) is 8.20. The van der Waals surface area contributed by atoms with Crippen molar-refractivity contribution in [3.8, 4) is 0 Å². The van der Waals surface area contributed by atoms with Crippen molar-refractivity contribution in [1.82, 2.24) is 5.09 Å². The van der Waals surface area contributed by atoms with Gasteiger partial charge in [0.2, 0.25) is 4.94 Å². The first-order valence-electron chi connectivity index (χ1n) is 2.66. The number of halogens is 1. The summed E-state index contributed by atoms with van der Waals surface area (Å²) in [4.78, 5) is -1.95. The molecule has 1 atom stereocenters. The van der Waals surface area contributed by atoms with Crippen LogP contribution in [0.1, 0.15) is 13.8 Å². The van der Waals surface area contributed by atoms with E-state index in [4.69, 9.17) is 0 Å². The lowest BCUT2D eigenvalue weighted by molar-refractivity contribution is 0.579. The molecular weight excluding hydrogens is 236 g/mol. The van der Waals surface area contributed by atoms with Gasteiger partial charge in [0.1, 0.15) is 0 Å². The first kappa shape index (κ1) is 8.92. The van der Waals surface area contributed by atoms with Crippen molar-refractivity contribution in [2.75, 3.05) is 12.7 Å². The summed E-state index contributed by atoms with van der Waals surface area (Å²) in [6.45, 7) is 4.69. The van der Waals surface area contributed by atoms with E-state index in [9.17, 15) is 4.57 Å². The van der Waals surface area contributed by atoms with Crippen LogP contribution in [0.5, 0.6) is 0 Å². The summed E-state index contributed by atoms with van der Waals surface area (Å²) in [6.07, 6.45) is 0.737. The molecule has 0 aliphatic carbocycles. The molecule has 0 bridgehead atoms. The third kappa shape index (κ3) is 3.87. The summed E-state index contributed by atoms with van der Waals surface area (Å²) in [5.41, 5.74) is 0. The Hall–Kier alpha value is 0.920. The van der Waals surface area contributed by atoms with Gasteiger partial charge in [-0.3, -0.25) is 9.65 Å². The van der Waals surface area contributed by atoms with Gasteiger partial charge in [-0.1, -0.05) is 13.8 Å². The Morgan fingerprint density at radius 3 is 2.25 bits per heavy atom. The average molecular weight is 247 g/mol. The van der Waals surface area contributed by atoms with Gasteiger partial charge in [-0.2, -0.15) is 0 Å². The van der Waals surface area contributed by atoms with Crippen LogP contribution in [0.15, 0.2) is 0 Å². The highest BCUT2D eigenvalue weighted by atomic mass is 127. The summed E-state index contributed by atoms with van der Waals surface area (Å²) in [5, 5.41) is 2.91. The largest absolute Gasteiger partial charge is 0.296 e. The third-order valence-corrected chi connectivity index (χ3v) is 5.47. The summed E-state index contributed by atoms with van der Waals surface area (Å²) >= 11 is 1.98. The lowest BCUT2D eigenvalue weighted by atomic mass is 10.8. The Morgan fingerprint density at radius 1 is 1.62 bits per heavy atom. The lowest BCUT2D eigenvalue weighted by Gasteiger charge is -2.06. The van der Waals surface area contributed by atoms with Crippen molar-refractivity contribution in [3.63, 3.8) is 0 Å². The van der Waals surface area contributed by atoms with Gasteiger partial charge < -0.3 is 0 Å². The minimum absolute atomic E-state index is 0.737. The molecule has 0 saturated heterocycles. The normalized spacial score (nSPS) is 17.9. The standard InChI is InChI=1S/C4H11INOP/c1-3-6-8(5,7)4-2/h3-4H2,1-2H3,(H,6,7). The second-order valence-electron chi connectivity index (χ2n) is 1.48. The summed E-state index contributed by atoms with van der Waals surface area (Å²) in [5.74, 6) is 0. The highest BCUT2D eigenvalue weighted by Gasteiger charge is 2.09. The summed E-state index contributed by atoms with van der Waals surface area (Å²) in [7, 11) is 0. The number of hydrogen-bond acceptors (Lipinski definition) is 1. The fourth-order valence-corrected chi connectivity index (χ4v) is 2.07. The van der Waals surface area contributed by atoms with E-state index < -0.39 is 4.94 Å². The highest BCUT2D eigenvalue weighted by Crippen LogP contribution is 2.49. The van der Waals surface area contributed by atoms with Crippen LogP contribution < -0.4 is 5.09 Å². The molecule has 2 nitrogen and oxygen atoms in total. The average Bonchev–Trinajstić information content (AvgIpc) is 1.67. The molecule has 50 valence electrons. The van der Waals surface area contributed by atoms with Gasteiger partial charge >= 0.3 is 0 Å². The van der Waals surface area contributed by atoms with Crippen molar-refractivity contribution < 1.29 is 4.57 Å². The molecule has 0 saturated carbocycles. The van der Waals surface area contributed by atoms with Gasteiger partial charge in [0.05, 0.1) is 0 Å². The Kier molecular flexibility index (Phi) is 4.30. The first-order valence-corrected chi connectivity index (χ1v) is 7.34. The van der Waals surface area contributed by atoms with Crippen molar-refractivity contribution >= 4 is 27.0 Å². The fourth-order valence-electron chi connectivity index (χ4n) is 0.348. The molecule has 0 radical (unpaired) electrons. The second kappa shape index (κ2) is 3.85. The maximum absolute atomic E-state index is 11.1. The van der Waals surface area contributed by atoms with E-state index in [1.807, 2.05) is 35.9 Å². The quantitative estimate of drug-likeness (QED) is 0.612. The predicted octanol–water partition coefficient (Wildman–Crippen LogP) is 2.24. The van der Waals surface area contributed by atoms with E-state index in [-0.39, 0.29) is 0 Å². The minimum atomic E-state index is -1.95. The van der Waals surface area contributed by atoms with Crippen molar-refractivity contribution in [3.05, 3.63) is 0 Å². The van der Waals surface area contributed by atoms with Gasteiger partial charge in [0.15, 0.2) is 0 Å². The van der Waals surface area contributed by atoms with Crippen LogP contribution in [0.25, 0.3) is 0 Å². The van der Waals surface area contributed by atoms with Gasteiger partial charge in [-0.15, -0.1) is 0 Å². The van der Waals surface area contributed by atoms with E-state index in [1.165, 1.54) is 0 Å². The molecule has 0 aliphatic rings. The molecule has 0 spiro atoms. The Morgan fingerprint density at radius 2 is 2.12 bits per heavy atom. The van der Waals surface area contributed by atoms with Crippen LogP contribution in [0.4, 0.5) is 0 Å². The molecule has 0 fully saturated rings. The molecule has 1 N–H and O–H groups in total. The van der Waals surface area contributed by atoms with Crippen LogP contribution in [0, 0.1) is 0 Å². The highest BCUT2D eigenvalue weighted by molar-refractivity contribution is 14.2. The van der Waals surface area contributed by atoms with E-state index in [0.29, 0.717) is 0 Å². The molecule has 1 unspecified atom stereocenters. The topological polar surface area (TPSA) is 29.1 Å². The van der Waals surface area contributed by atoms with E-state index in [1.54, 1.807) is 0 Å². The zero-order valence-electron chi connectivity index (χ0n) is 5.15. The van der Waals surface area contributed by atoms with Gasteiger partial charge in [-0.05, 0) is 6.54 Å². The van der Waals surface area contributed by atoms with Gasteiger partial charge in [0, 0.05) is 28.2 Å². The Bertz CT molecular complexity index is 106. The maximum Gasteiger partial charge on any atom is 0.203 e. The molecule has 0 aromatic carbocycles. The van der Waals surface area contributed by atoms with E-state index in [0.717, 1.165) is 12.7 Å². The van der Waals surface area contributed by atoms with Crippen molar-refractivity contribution in [2.24, 2.45) is 0 Å². The smallest absolute Gasteiger partial charge is 0.203 e. The van der Waals surface area contributed by atoms with E-state index >= 15 is 0 Å². The molecule has 0 aliphatic heterocycles. The Balaban J connectivity index is 3.55. The Labute approximate surface area is 63.3 Å². The summed E-state index contributed by atoms with van der Waals surface area (Å²) in [6, 6.07) is 0. The molecular formula is C4H11INOP. The minimum Gasteiger partial charge on any atom is -0.296 e. The molecule has 4 heteroatoms. The van der Waals surface area contributed by atoms with Crippen molar-refractivity contribution in [2.45, 2.75) is 13.8 Å². The van der Waals surface area contributed by atoms with Crippen LogP contribution >= 0.6 is 27.0 Å². The van der Waals surface area contributed by atoms with Crippen LogP contribution in [-0.2, 0) is 4.57 Å². The van der Waals surface area contributed by atoms with Crippen LogP contribution in [0.2, 0.25) is 0 Å². The van der Waals surface area contributed by atoms with E-state index in [2.05, 4.69) is 5.09 Å². The lowest BCUT2D eigenvalue weighted by Crippen LogP contribution is -2.05. The molecule has 8 heavy (non-hydrogen) atoms. The summed E-state index contributed by atoms with van der Waals surface area (Å²) < 4.78 is 11.1. The van der Waals surface area contributed by atoms with Gasteiger partial charge in [0.25, 0.3) is 0 Å². The molecule has 0 heterocycles. The number of nitrogens with one attached hydrogen (secondary N) is 1. The third-order valence-electron chi connectivity index (χ3n) is 0.801. The molecule has 0 aromatic heterocycles. The monoisotopic (exact) mass is 247 g/mol. The van der Waals surface area contributed by atoms with Gasteiger partial charge in [-0.25, -0.2) is 0 Å². The van der Waals surface area contributed by atoms with Crippen molar-refractivity contribution in [1.29, 1.82) is 0 Å².